The van der Waals surface area contributed by atoms with Gasteiger partial charge in [-0.3, -0.25) is 0 Å². The molecule has 0 bridgehead atoms. The number of aromatic nitrogens is 1. The van der Waals surface area contributed by atoms with Gasteiger partial charge in [-0.05, 0) is 67.6 Å². The first-order valence-corrected chi connectivity index (χ1v) is 13.9. The molecule has 3 aromatic carbocycles. The lowest BCUT2D eigenvalue weighted by atomic mass is 10.1. The van der Waals surface area contributed by atoms with E-state index >= 15 is 0 Å². The summed E-state index contributed by atoms with van der Waals surface area (Å²) in [5.74, 6) is 1.46. The molecule has 0 unspecified atom stereocenters. The van der Waals surface area contributed by atoms with Crippen LogP contribution in [0.15, 0.2) is 100 Å². The molecule has 0 fully saturated rings. The Hall–Kier alpha value is -4.63. The summed E-state index contributed by atoms with van der Waals surface area (Å²) < 4.78 is 23.7. The summed E-state index contributed by atoms with van der Waals surface area (Å²) in [4.78, 5) is 18.0. The largest absolute Gasteiger partial charge is 0.506 e. The van der Waals surface area contributed by atoms with Crippen LogP contribution in [-0.4, -0.2) is 48.1 Å². The second kappa shape index (κ2) is 12.7. The Balaban J connectivity index is 1.44. The van der Waals surface area contributed by atoms with Gasteiger partial charge in [0.1, 0.15) is 40.2 Å². The van der Waals surface area contributed by atoms with Gasteiger partial charge < -0.3 is 28.6 Å². The van der Waals surface area contributed by atoms with E-state index in [0.29, 0.717) is 34.5 Å². The van der Waals surface area contributed by atoms with Crippen molar-refractivity contribution in [2.75, 3.05) is 27.4 Å². The molecule has 1 aliphatic rings. The minimum atomic E-state index is -0.619. The number of ether oxygens (including phenoxy) is 4. The van der Waals surface area contributed by atoms with Gasteiger partial charge in [0.2, 0.25) is 0 Å². The summed E-state index contributed by atoms with van der Waals surface area (Å²) in [5.41, 5.74) is 2.60. The molecule has 0 radical (unpaired) electrons. The Morgan fingerprint density at radius 3 is 2.29 bits per heavy atom. The third-order valence-electron chi connectivity index (χ3n) is 6.44. The van der Waals surface area contributed by atoms with E-state index < -0.39 is 5.97 Å². The van der Waals surface area contributed by atoms with Crippen LogP contribution in [-0.2, 0) is 16.1 Å². The molecule has 0 atom stereocenters. The average Bonchev–Trinajstić information content (AvgIpc) is 3.50. The van der Waals surface area contributed by atoms with E-state index in [0.717, 1.165) is 28.0 Å². The van der Waals surface area contributed by atoms with Crippen LogP contribution in [0, 0.1) is 0 Å². The SMILES string of the molecule is CCOC(=O)C1=C(O)/C(=C/c2cn(CCOc3ccc(OC)cc3)c3ccccc23)SC1=Nc1ccc(OC)cc1. The van der Waals surface area contributed by atoms with E-state index in [1.165, 1.54) is 11.8 Å². The van der Waals surface area contributed by atoms with E-state index in [-0.39, 0.29) is 17.9 Å². The van der Waals surface area contributed by atoms with Crippen molar-refractivity contribution in [3.05, 3.63) is 101 Å². The highest BCUT2D eigenvalue weighted by Gasteiger charge is 2.33. The highest BCUT2D eigenvalue weighted by molar-refractivity contribution is 8.18. The smallest absolute Gasteiger partial charge is 0.344 e. The number of aliphatic hydroxyl groups is 1. The van der Waals surface area contributed by atoms with Crippen LogP contribution >= 0.6 is 11.8 Å². The molecule has 8 nitrogen and oxygen atoms in total. The second-order valence-electron chi connectivity index (χ2n) is 8.99. The molecule has 0 saturated heterocycles. The van der Waals surface area contributed by atoms with Crippen molar-refractivity contribution >= 4 is 45.4 Å². The fourth-order valence-electron chi connectivity index (χ4n) is 4.42. The Morgan fingerprint density at radius 1 is 0.951 bits per heavy atom. The molecule has 1 aliphatic heterocycles. The minimum Gasteiger partial charge on any atom is -0.506 e. The van der Waals surface area contributed by atoms with Gasteiger partial charge in [0.15, 0.2) is 0 Å². The topological polar surface area (TPSA) is 91.5 Å². The number of nitrogens with zero attached hydrogens (tertiary/aromatic N) is 2. The molecule has 41 heavy (non-hydrogen) atoms. The maximum Gasteiger partial charge on any atom is 0.344 e. The summed E-state index contributed by atoms with van der Waals surface area (Å²) in [6, 6.07) is 22.7. The standard InChI is InChI=1S/C32H30N2O6S/c1-4-39-32(36)29-30(35)28(41-31(29)33-22-9-11-23(37-2)12-10-22)19-21-20-34(27-8-6-5-7-26(21)27)17-18-40-25-15-13-24(38-3)14-16-25/h5-16,19-20,35H,4,17-18H2,1-3H3/b28-19-,33-31?. The molecule has 9 heteroatoms. The zero-order valence-electron chi connectivity index (χ0n) is 23.0. The Kier molecular flexibility index (Phi) is 8.64. The van der Waals surface area contributed by atoms with Gasteiger partial charge in [0.05, 0.1) is 38.0 Å². The third-order valence-corrected chi connectivity index (χ3v) is 7.46. The molecule has 1 N–H and O–H groups in total. The van der Waals surface area contributed by atoms with E-state index in [1.54, 1.807) is 45.4 Å². The van der Waals surface area contributed by atoms with Crippen molar-refractivity contribution in [2.24, 2.45) is 4.99 Å². The van der Waals surface area contributed by atoms with Gasteiger partial charge in [-0.25, -0.2) is 9.79 Å². The first-order chi connectivity index (χ1) is 20.0. The summed E-state index contributed by atoms with van der Waals surface area (Å²) in [6.07, 6.45) is 3.89. The van der Waals surface area contributed by atoms with Crippen molar-refractivity contribution in [2.45, 2.75) is 13.5 Å². The maximum absolute atomic E-state index is 12.8. The molecule has 0 aliphatic carbocycles. The minimum absolute atomic E-state index is 0.0514. The normalized spacial score (nSPS) is 15.1. The van der Waals surface area contributed by atoms with E-state index in [4.69, 9.17) is 18.9 Å². The third kappa shape index (κ3) is 6.25. The molecule has 0 amide bonds. The van der Waals surface area contributed by atoms with Gasteiger partial charge in [-0.1, -0.05) is 30.0 Å². The monoisotopic (exact) mass is 570 g/mol. The molecule has 2 heterocycles. The van der Waals surface area contributed by atoms with Crippen LogP contribution in [0.1, 0.15) is 12.5 Å². The molecule has 4 aromatic rings. The Bertz CT molecular complexity index is 1640. The number of aliphatic hydroxyl groups excluding tert-OH is 1. The molecular formula is C32H30N2O6S. The van der Waals surface area contributed by atoms with Gasteiger partial charge in [-0.15, -0.1) is 0 Å². The quantitative estimate of drug-likeness (QED) is 0.207. The predicted octanol–water partition coefficient (Wildman–Crippen LogP) is 6.93. The Labute approximate surface area is 242 Å². The zero-order valence-corrected chi connectivity index (χ0v) is 23.8. The molecule has 5 rings (SSSR count). The zero-order chi connectivity index (χ0) is 28.8. The lowest BCUT2D eigenvalue weighted by Gasteiger charge is -2.09. The predicted molar refractivity (Wildman–Crippen MR) is 162 cm³/mol. The summed E-state index contributed by atoms with van der Waals surface area (Å²) in [6.45, 7) is 2.98. The number of hydrogen-bond donors (Lipinski definition) is 1. The lowest BCUT2D eigenvalue weighted by Crippen LogP contribution is -2.12. The highest BCUT2D eigenvalue weighted by Crippen LogP contribution is 2.41. The number of carbonyl (C=O) groups excluding carboxylic acids is 1. The van der Waals surface area contributed by atoms with Crippen molar-refractivity contribution in [3.8, 4) is 17.2 Å². The van der Waals surface area contributed by atoms with Crippen molar-refractivity contribution < 1.29 is 28.8 Å². The van der Waals surface area contributed by atoms with Gasteiger partial charge in [0.25, 0.3) is 0 Å². The molecule has 1 aromatic heterocycles. The fourth-order valence-corrected chi connectivity index (χ4v) is 5.44. The number of esters is 1. The molecule has 0 saturated carbocycles. The summed E-state index contributed by atoms with van der Waals surface area (Å²) >= 11 is 1.23. The number of carbonyl (C=O) groups is 1. The van der Waals surface area contributed by atoms with Crippen LogP contribution < -0.4 is 14.2 Å². The number of para-hydroxylation sites is 1. The van der Waals surface area contributed by atoms with Gasteiger partial charge in [-0.2, -0.15) is 0 Å². The van der Waals surface area contributed by atoms with Gasteiger partial charge in [0, 0.05) is 22.7 Å². The lowest BCUT2D eigenvalue weighted by molar-refractivity contribution is -0.138. The van der Waals surface area contributed by atoms with Gasteiger partial charge >= 0.3 is 5.97 Å². The number of hydrogen-bond acceptors (Lipinski definition) is 8. The number of methoxy groups -OCH3 is 2. The molecule has 210 valence electrons. The Morgan fingerprint density at radius 2 is 1.61 bits per heavy atom. The number of rotatable bonds is 10. The van der Waals surface area contributed by atoms with Crippen LogP contribution in [0.2, 0.25) is 0 Å². The van der Waals surface area contributed by atoms with Crippen LogP contribution in [0.5, 0.6) is 17.2 Å². The number of benzene rings is 3. The van der Waals surface area contributed by atoms with Crippen LogP contribution in [0.25, 0.3) is 17.0 Å². The van der Waals surface area contributed by atoms with Crippen molar-refractivity contribution in [1.82, 2.24) is 4.57 Å². The average molecular weight is 571 g/mol. The number of fused-ring (bicyclic) bond motifs is 1. The summed E-state index contributed by atoms with van der Waals surface area (Å²) in [5, 5.41) is 12.6. The maximum atomic E-state index is 12.8. The van der Waals surface area contributed by atoms with E-state index in [2.05, 4.69) is 9.56 Å². The van der Waals surface area contributed by atoms with Crippen LogP contribution in [0.4, 0.5) is 5.69 Å². The number of thioether (sulfide) groups is 1. The fraction of sp³-hybridized carbons (Fsp3) is 0.188. The molecule has 0 spiro atoms. The number of aliphatic imine (C=N–C) groups is 1. The first-order valence-electron chi connectivity index (χ1n) is 13.1. The van der Waals surface area contributed by atoms with Crippen molar-refractivity contribution in [3.63, 3.8) is 0 Å². The van der Waals surface area contributed by atoms with E-state index in [1.807, 2.05) is 60.8 Å². The van der Waals surface area contributed by atoms with E-state index in [9.17, 15) is 9.90 Å². The second-order valence-corrected chi connectivity index (χ2v) is 10.0. The van der Waals surface area contributed by atoms with Crippen LogP contribution in [0.3, 0.4) is 0 Å². The highest BCUT2D eigenvalue weighted by atomic mass is 32.2. The first kappa shape index (κ1) is 27.9. The van der Waals surface area contributed by atoms with Crippen molar-refractivity contribution in [1.29, 1.82) is 0 Å². The summed E-state index contributed by atoms with van der Waals surface area (Å²) in [7, 11) is 3.22. The molecular weight excluding hydrogens is 540 g/mol.